The van der Waals surface area contributed by atoms with Gasteiger partial charge in [-0.15, -0.1) is 11.8 Å². The summed E-state index contributed by atoms with van der Waals surface area (Å²) in [4.78, 5) is 0.865. The van der Waals surface area contributed by atoms with Gasteiger partial charge in [-0.05, 0) is 43.7 Å². The predicted octanol–water partition coefficient (Wildman–Crippen LogP) is 3.73. The molecule has 26 heavy (non-hydrogen) atoms. The van der Waals surface area contributed by atoms with E-state index in [1.807, 2.05) is 13.8 Å². The monoisotopic (exact) mass is 397 g/mol. The Morgan fingerprint density at radius 2 is 1.88 bits per heavy atom. The predicted molar refractivity (Wildman–Crippen MR) is 103 cm³/mol. The van der Waals surface area contributed by atoms with Crippen molar-refractivity contribution in [1.29, 1.82) is 0 Å². The lowest BCUT2D eigenvalue weighted by Crippen LogP contribution is -2.44. The molecule has 2 aromatic rings. The van der Waals surface area contributed by atoms with Gasteiger partial charge in [-0.3, -0.25) is 0 Å². The van der Waals surface area contributed by atoms with Crippen LogP contribution in [0, 0.1) is 12.7 Å². The van der Waals surface area contributed by atoms with E-state index < -0.39 is 16.1 Å². The number of aryl methyl sites for hydroxylation is 1. The maximum atomic E-state index is 13.4. The third-order valence-electron chi connectivity index (χ3n) is 3.94. The van der Waals surface area contributed by atoms with E-state index in [1.54, 1.807) is 36.4 Å². The summed E-state index contributed by atoms with van der Waals surface area (Å²) in [6, 6.07) is 12.0. The molecule has 2 atom stereocenters. The second-order valence-electron chi connectivity index (χ2n) is 6.13. The van der Waals surface area contributed by atoms with Gasteiger partial charge in [0, 0.05) is 10.1 Å². The number of halogens is 1. The second-order valence-corrected chi connectivity index (χ2v) is 9.15. The van der Waals surface area contributed by atoms with Crippen molar-refractivity contribution in [2.75, 3.05) is 6.61 Å². The minimum atomic E-state index is -3.75. The van der Waals surface area contributed by atoms with Crippen molar-refractivity contribution in [2.24, 2.45) is 0 Å². The lowest BCUT2D eigenvalue weighted by Gasteiger charge is -2.26. The molecule has 0 amide bonds. The van der Waals surface area contributed by atoms with E-state index in [4.69, 9.17) is 0 Å². The number of aliphatic hydroxyl groups is 1. The molecule has 0 aliphatic heterocycles. The van der Waals surface area contributed by atoms with E-state index in [-0.39, 0.29) is 22.6 Å². The van der Waals surface area contributed by atoms with Crippen LogP contribution in [0.5, 0.6) is 0 Å². The Labute approximate surface area is 158 Å². The molecule has 0 radical (unpaired) electrons. The number of benzene rings is 2. The van der Waals surface area contributed by atoms with Crippen molar-refractivity contribution in [1.82, 2.24) is 4.72 Å². The Kier molecular flexibility index (Phi) is 7.64. The van der Waals surface area contributed by atoms with Crippen LogP contribution in [0.1, 0.15) is 25.3 Å². The highest BCUT2D eigenvalue weighted by Crippen LogP contribution is 2.29. The topological polar surface area (TPSA) is 66.4 Å². The molecule has 142 valence electrons. The van der Waals surface area contributed by atoms with Crippen molar-refractivity contribution in [3.05, 3.63) is 59.9 Å². The Morgan fingerprint density at radius 1 is 1.19 bits per heavy atom. The molecule has 0 saturated carbocycles. The summed E-state index contributed by atoms with van der Waals surface area (Å²) in [5, 5.41) is 9.58. The molecule has 7 heteroatoms. The number of rotatable bonds is 9. The lowest BCUT2D eigenvalue weighted by atomic mass is 10.1. The van der Waals surface area contributed by atoms with Gasteiger partial charge < -0.3 is 5.11 Å². The first kappa shape index (κ1) is 20.9. The van der Waals surface area contributed by atoms with Gasteiger partial charge in [0.25, 0.3) is 0 Å². The standard InChI is InChI=1S/C19H24FNO3S2/c1-3-5-19(25-16-7-4-6-15(20)12-16)18(13-22)21-26(23,24)17-10-8-14(2)9-11-17/h4,6-12,18-19,21-22H,3,5,13H2,1-2H3/t18-,19+/m0/s1. The fourth-order valence-electron chi connectivity index (χ4n) is 2.56. The zero-order valence-electron chi connectivity index (χ0n) is 14.9. The van der Waals surface area contributed by atoms with Crippen LogP contribution in [0.3, 0.4) is 0 Å². The molecular formula is C19H24FNO3S2. The number of hydrogen-bond acceptors (Lipinski definition) is 4. The molecule has 0 aromatic heterocycles. The van der Waals surface area contributed by atoms with Crippen molar-refractivity contribution in [3.63, 3.8) is 0 Å². The van der Waals surface area contributed by atoms with Crippen LogP contribution in [-0.2, 0) is 10.0 Å². The fraction of sp³-hybridized carbons (Fsp3) is 0.368. The largest absolute Gasteiger partial charge is 0.395 e. The summed E-state index contributed by atoms with van der Waals surface area (Å²) < 4.78 is 41.3. The summed E-state index contributed by atoms with van der Waals surface area (Å²) in [6.45, 7) is 3.54. The zero-order chi connectivity index (χ0) is 19.2. The lowest BCUT2D eigenvalue weighted by molar-refractivity contribution is 0.251. The van der Waals surface area contributed by atoms with Gasteiger partial charge in [-0.2, -0.15) is 0 Å². The van der Waals surface area contributed by atoms with Crippen LogP contribution < -0.4 is 4.72 Å². The van der Waals surface area contributed by atoms with Crippen LogP contribution in [0.4, 0.5) is 4.39 Å². The number of thioether (sulfide) groups is 1. The summed E-state index contributed by atoms with van der Waals surface area (Å²) in [5.41, 5.74) is 0.966. The highest BCUT2D eigenvalue weighted by atomic mass is 32.2. The van der Waals surface area contributed by atoms with Gasteiger partial charge in [0.1, 0.15) is 5.82 Å². The highest BCUT2D eigenvalue weighted by molar-refractivity contribution is 8.00. The average Bonchev–Trinajstić information content (AvgIpc) is 2.60. The average molecular weight is 398 g/mol. The van der Waals surface area contributed by atoms with E-state index in [1.165, 1.54) is 23.9 Å². The van der Waals surface area contributed by atoms with Crippen molar-refractivity contribution < 1.29 is 17.9 Å². The summed E-state index contributed by atoms with van der Waals surface area (Å²) in [7, 11) is -3.75. The first-order valence-corrected chi connectivity index (χ1v) is 10.8. The molecule has 2 aromatic carbocycles. The molecule has 0 aliphatic rings. The quantitative estimate of drug-likeness (QED) is 0.633. The van der Waals surface area contributed by atoms with Gasteiger partial charge in [-0.25, -0.2) is 17.5 Å². The smallest absolute Gasteiger partial charge is 0.240 e. The SMILES string of the molecule is CCC[C@@H](Sc1cccc(F)c1)[C@H](CO)NS(=O)(=O)c1ccc(C)cc1. The zero-order valence-corrected chi connectivity index (χ0v) is 16.5. The normalized spacial score (nSPS) is 14.2. The minimum absolute atomic E-state index is 0.160. The third-order valence-corrected chi connectivity index (χ3v) is 6.84. The van der Waals surface area contributed by atoms with Crippen LogP contribution in [-0.4, -0.2) is 31.4 Å². The maximum absolute atomic E-state index is 13.4. The van der Waals surface area contributed by atoms with E-state index >= 15 is 0 Å². The van der Waals surface area contributed by atoms with Gasteiger partial charge in [0.15, 0.2) is 0 Å². The molecule has 0 aliphatic carbocycles. The van der Waals surface area contributed by atoms with Gasteiger partial charge in [0.2, 0.25) is 10.0 Å². The fourth-order valence-corrected chi connectivity index (χ4v) is 5.27. The first-order chi connectivity index (χ1) is 12.4. The Balaban J connectivity index is 2.20. The number of hydrogen-bond donors (Lipinski definition) is 2. The van der Waals surface area contributed by atoms with Gasteiger partial charge in [0.05, 0.1) is 17.5 Å². The molecule has 4 nitrogen and oxygen atoms in total. The first-order valence-electron chi connectivity index (χ1n) is 8.47. The molecule has 0 heterocycles. The van der Waals surface area contributed by atoms with Crippen molar-refractivity contribution in [3.8, 4) is 0 Å². The summed E-state index contributed by atoms with van der Waals surface area (Å²) >= 11 is 1.37. The van der Waals surface area contributed by atoms with E-state index in [0.29, 0.717) is 11.3 Å². The van der Waals surface area contributed by atoms with E-state index in [9.17, 15) is 17.9 Å². The molecule has 2 rings (SSSR count). The van der Waals surface area contributed by atoms with Crippen LogP contribution in [0.15, 0.2) is 58.3 Å². The minimum Gasteiger partial charge on any atom is -0.395 e. The second kappa shape index (κ2) is 9.50. The Hall–Kier alpha value is -1.41. The third kappa shape index (κ3) is 5.81. The van der Waals surface area contributed by atoms with Gasteiger partial charge >= 0.3 is 0 Å². The summed E-state index contributed by atoms with van der Waals surface area (Å²) in [5.74, 6) is -0.342. The molecule has 0 spiro atoms. The Morgan fingerprint density at radius 3 is 2.46 bits per heavy atom. The number of aliphatic hydroxyl groups excluding tert-OH is 1. The van der Waals surface area contributed by atoms with Crippen LogP contribution >= 0.6 is 11.8 Å². The molecule has 0 unspecified atom stereocenters. The Bertz CT molecular complexity index is 810. The molecule has 0 fully saturated rings. The summed E-state index contributed by atoms with van der Waals surface area (Å²) in [6.07, 6.45) is 1.50. The van der Waals surface area contributed by atoms with Crippen LogP contribution in [0.25, 0.3) is 0 Å². The van der Waals surface area contributed by atoms with Crippen LogP contribution in [0.2, 0.25) is 0 Å². The molecule has 0 bridgehead atoms. The number of sulfonamides is 1. The van der Waals surface area contributed by atoms with E-state index in [2.05, 4.69) is 4.72 Å². The molecular weight excluding hydrogens is 373 g/mol. The van der Waals surface area contributed by atoms with E-state index in [0.717, 1.165) is 12.0 Å². The maximum Gasteiger partial charge on any atom is 0.240 e. The van der Waals surface area contributed by atoms with Crippen molar-refractivity contribution in [2.45, 2.75) is 47.8 Å². The highest BCUT2D eigenvalue weighted by Gasteiger charge is 2.27. The molecule has 2 N–H and O–H groups in total. The van der Waals surface area contributed by atoms with Crippen molar-refractivity contribution >= 4 is 21.8 Å². The number of nitrogens with one attached hydrogen (secondary N) is 1. The van der Waals surface area contributed by atoms with Gasteiger partial charge in [-0.1, -0.05) is 37.1 Å². The molecule has 0 saturated heterocycles.